The monoisotopic (exact) mass is 262 g/mol. The topological polar surface area (TPSA) is 32.8 Å². The molecule has 0 unspecified atom stereocenters. The molecule has 0 aliphatic carbocycles. The molecule has 1 aromatic carbocycles. The second kappa shape index (κ2) is 7.14. The van der Waals surface area contributed by atoms with Crippen LogP contribution in [0.5, 0.6) is 5.75 Å². The van der Waals surface area contributed by atoms with Gasteiger partial charge in [-0.1, -0.05) is 25.1 Å². The van der Waals surface area contributed by atoms with Gasteiger partial charge in [-0.15, -0.1) is 0 Å². The van der Waals surface area contributed by atoms with Crippen molar-refractivity contribution in [2.24, 2.45) is 0 Å². The van der Waals surface area contributed by atoms with Gasteiger partial charge in [0.2, 0.25) is 5.91 Å². The highest BCUT2D eigenvalue weighted by Gasteiger charge is 2.22. The van der Waals surface area contributed by atoms with E-state index in [9.17, 15) is 4.79 Å². The van der Waals surface area contributed by atoms with Gasteiger partial charge in [-0.3, -0.25) is 9.69 Å². The van der Waals surface area contributed by atoms with Crippen molar-refractivity contribution in [3.63, 3.8) is 0 Å². The smallest absolute Gasteiger partial charge is 0.236 e. The normalized spacial score (nSPS) is 16.7. The predicted molar refractivity (Wildman–Crippen MR) is 75.2 cm³/mol. The van der Waals surface area contributed by atoms with Crippen LogP contribution >= 0.6 is 0 Å². The van der Waals surface area contributed by atoms with Crippen LogP contribution in [-0.4, -0.2) is 55.0 Å². The molecule has 1 aliphatic rings. The van der Waals surface area contributed by atoms with Crippen molar-refractivity contribution in [2.45, 2.75) is 13.3 Å². The van der Waals surface area contributed by atoms with E-state index in [-0.39, 0.29) is 5.91 Å². The molecule has 0 bridgehead atoms. The number of carbonyl (C=O) groups excluding carboxylic acids is 1. The quantitative estimate of drug-likeness (QED) is 0.781. The van der Waals surface area contributed by atoms with Gasteiger partial charge in [0, 0.05) is 26.2 Å². The largest absolute Gasteiger partial charge is 0.492 e. The lowest BCUT2D eigenvalue weighted by molar-refractivity contribution is -0.136. The van der Waals surface area contributed by atoms with Crippen molar-refractivity contribution in [3.05, 3.63) is 30.3 Å². The SMILES string of the molecule is CCCN1CCN(CCOc2ccccc2)CC1=O. The van der Waals surface area contributed by atoms with Crippen LogP contribution in [0.15, 0.2) is 30.3 Å². The van der Waals surface area contributed by atoms with Gasteiger partial charge in [-0.05, 0) is 18.6 Å². The number of carbonyl (C=O) groups is 1. The second-order valence-electron chi connectivity index (χ2n) is 4.82. The summed E-state index contributed by atoms with van der Waals surface area (Å²) >= 11 is 0. The molecule has 1 saturated heterocycles. The summed E-state index contributed by atoms with van der Waals surface area (Å²) in [6, 6.07) is 9.79. The summed E-state index contributed by atoms with van der Waals surface area (Å²) < 4.78 is 5.65. The number of rotatable bonds is 6. The molecule has 1 fully saturated rings. The Hall–Kier alpha value is -1.55. The van der Waals surface area contributed by atoms with E-state index in [1.807, 2.05) is 35.2 Å². The van der Waals surface area contributed by atoms with Crippen molar-refractivity contribution in [1.82, 2.24) is 9.80 Å². The summed E-state index contributed by atoms with van der Waals surface area (Å²) in [5, 5.41) is 0. The molecule has 4 nitrogen and oxygen atoms in total. The van der Waals surface area contributed by atoms with Crippen LogP contribution < -0.4 is 4.74 Å². The minimum Gasteiger partial charge on any atom is -0.492 e. The lowest BCUT2D eigenvalue weighted by Crippen LogP contribution is -2.51. The Kier molecular flexibility index (Phi) is 5.21. The molecule has 4 heteroatoms. The molecule has 0 aromatic heterocycles. The molecule has 0 spiro atoms. The van der Waals surface area contributed by atoms with E-state index in [0.717, 1.165) is 38.3 Å². The van der Waals surface area contributed by atoms with Crippen molar-refractivity contribution in [3.8, 4) is 5.75 Å². The van der Waals surface area contributed by atoms with Gasteiger partial charge in [0.25, 0.3) is 0 Å². The fourth-order valence-electron chi connectivity index (χ4n) is 2.26. The summed E-state index contributed by atoms with van der Waals surface area (Å²) in [7, 11) is 0. The molecule has 19 heavy (non-hydrogen) atoms. The zero-order valence-corrected chi connectivity index (χ0v) is 11.5. The van der Waals surface area contributed by atoms with E-state index in [4.69, 9.17) is 4.74 Å². The van der Waals surface area contributed by atoms with Gasteiger partial charge in [0.1, 0.15) is 12.4 Å². The van der Waals surface area contributed by atoms with Crippen LogP contribution in [0, 0.1) is 0 Å². The number of ether oxygens (including phenoxy) is 1. The molecule has 1 heterocycles. The second-order valence-corrected chi connectivity index (χ2v) is 4.82. The first kappa shape index (κ1) is 13.9. The minimum absolute atomic E-state index is 0.243. The zero-order chi connectivity index (χ0) is 13.5. The highest BCUT2D eigenvalue weighted by atomic mass is 16.5. The van der Waals surface area contributed by atoms with Crippen LogP contribution in [0.2, 0.25) is 0 Å². The molecule has 1 aromatic rings. The summed E-state index contributed by atoms with van der Waals surface area (Å²) in [5.74, 6) is 1.13. The van der Waals surface area contributed by atoms with Gasteiger partial charge in [-0.2, -0.15) is 0 Å². The van der Waals surface area contributed by atoms with E-state index in [1.54, 1.807) is 0 Å². The summed E-state index contributed by atoms with van der Waals surface area (Å²) in [6.45, 7) is 6.74. The number of piperazine rings is 1. The number of hydrogen-bond acceptors (Lipinski definition) is 3. The standard InChI is InChI=1S/C15H22N2O2/c1-2-8-17-10-9-16(13-15(17)18)11-12-19-14-6-4-3-5-7-14/h3-7H,2,8-13H2,1H3. The molecule has 0 radical (unpaired) electrons. The maximum atomic E-state index is 11.9. The first-order chi connectivity index (χ1) is 9.29. The Morgan fingerprint density at radius 2 is 1.95 bits per heavy atom. The predicted octanol–water partition coefficient (Wildman–Crippen LogP) is 1.62. The number of benzene rings is 1. The van der Waals surface area contributed by atoms with Crippen molar-refractivity contribution in [2.75, 3.05) is 39.3 Å². The Bertz CT molecular complexity index is 394. The molecule has 0 N–H and O–H groups in total. The first-order valence-corrected chi connectivity index (χ1v) is 6.97. The fourth-order valence-corrected chi connectivity index (χ4v) is 2.26. The summed E-state index contributed by atoms with van der Waals surface area (Å²) in [5.41, 5.74) is 0. The molecule has 0 atom stereocenters. The van der Waals surface area contributed by atoms with Crippen molar-refractivity contribution in [1.29, 1.82) is 0 Å². The van der Waals surface area contributed by atoms with E-state index >= 15 is 0 Å². The zero-order valence-electron chi connectivity index (χ0n) is 11.5. The first-order valence-electron chi connectivity index (χ1n) is 6.97. The maximum Gasteiger partial charge on any atom is 0.236 e. The number of para-hydroxylation sites is 1. The Balaban J connectivity index is 1.69. The minimum atomic E-state index is 0.243. The Morgan fingerprint density at radius 1 is 1.16 bits per heavy atom. The van der Waals surface area contributed by atoms with Crippen LogP contribution in [-0.2, 0) is 4.79 Å². The van der Waals surface area contributed by atoms with Crippen LogP contribution in [0.1, 0.15) is 13.3 Å². The summed E-state index contributed by atoms with van der Waals surface area (Å²) in [4.78, 5) is 16.0. The highest BCUT2D eigenvalue weighted by molar-refractivity contribution is 5.79. The average molecular weight is 262 g/mol. The number of hydrogen-bond donors (Lipinski definition) is 0. The van der Waals surface area contributed by atoms with Gasteiger partial charge in [0.15, 0.2) is 0 Å². The van der Waals surface area contributed by atoms with Gasteiger partial charge in [0.05, 0.1) is 6.54 Å². The highest BCUT2D eigenvalue weighted by Crippen LogP contribution is 2.09. The van der Waals surface area contributed by atoms with Gasteiger partial charge >= 0.3 is 0 Å². The Morgan fingerprint density at radius 3 is 2.63 bits per heavy atom. The number of nitrogens with zero attached hydrogens (tertiary/aromatic N) is 2. The molecule has 104 valence electrons. The fraction of sp³-hybridized carbons (Fsp3) is 0.533. The molecule has 1 aliphatic heterocycles. The Labute approximate surface area is 115 Å². The van der Waals surface area contributed by atoms with Crippen molar-refractivity contribution >= 4 is 5.91 Å². The maximum absolute atomic E-state index is 11.9. The lowest BCUT2D eigenvalue weighted by Gasteiger charge is -2.34. The summed E-state index contributed by atoms with van der Waals surface area (Å²) in [6.07, 6.45) is 1.03. The third-order valence-electron chi connectivity index (χ3n) is 3.31. The average Bonchev–Trinajstić information content (AvgIpc) is 2.43. The van der Waals surface area contributed by atoms with Crippen LogP contribution in [0.4, 0.5) is 0 Å². The van der Waals surface area contributed by atoms with E-state index in [2.05, 4.69) is 11.8 Å². The molecule has 0 saturated carbocycles. The van der Waals surface area contributed by atoms with Gasteiger partial charge < -0.3 is 9.64 Å². The van der Waals surface area contributed by atoms with E-state index in [1.165, 1.54) is 0 Å². The third-order valence-corrected chi connectivity index (χ3v) is 3.31. The number of amides is 1. The van der Waals surface area contributed by atoms with E-state index < -0.39 is 0 Å². The molecule has 2 rings (SSSR count). The third kappa shape index (κ3) is 4.24. The lowest BCUT2D eigenvalue weighted by atomic mass is 10.3. The molecule has 1 amide bonds. The molecular weight excluding hydrogens is 240 g/mol. The van der Waals surface area contributed by atoms with Gasteiger partial charge in [-0.25, -0.2) is 0 Å². The molecular formula is C15H22N2O2. The van der Waals surface area contributed by atoms with E-state index in [0.29, 0.717) is 13.2 Å². The van der Waals surface area contributed by atoms with Crippen LogP contribution in [0.3, 0.4) is 0 Å². The van der Waals surface area contributed by atoms with Crippen molar-refractivity contribution < 1.29 is 9.53 Å². The van der Waals surface area contributed by atoms with Crippen LogP contribution in [0.25, 0.3) is 0 Å².